The summed E-state index contributed by atoms with van der Waals surface area (Å²) in [5.74, 6) is -0.393. The van der Waals surface area contributed by atoms with E-state index in [0.717, 1.165) is 0 Å². The van der Waals surface area contributed by atoms with Crippen molar-refractivity contribution in [2.75, 3.05) is 0 Å². The molecule has 0 atom stereocenters. The second-order valence-electron chi connectivity index (χ2n) is 2.66. The molecule has 0 aliphatic carbocycles. The van der Waals surface area contributed by atoms with Gasteiger partial charge >= 0.3 is 0 Å². The lowest BCUT2D eigenvalue weighted by atomic mass is 10.2. The van der Waals surface area contributed by atoms with Crippen LogP contribution in [0.1, 0.15) is 5.69 Å². The third-order valence-corrected chi connectivity index (χ3v) is 2.05. The summed E-state index contributed by atoms with van der Waals surface area (Å²) in [5.41, 5.74) is 1.10. The Morgan fingerprint density at radius 1 is 1.31 bits per heavy atom. The maximum absolute atomic E-state index is 12.9. The van der Waals surface area contributed by atoms with E-state index in [-0.39, 0.29) is 5.02 Å². The van der Waals surface area contributed by atoms with Crippen molar-refractivity contribution in [2.45, 2.75) is 6.92 Å². The molecule has 0 aliphatic rings. The molecule has 2 aromatic rings. The molecular weight excluding hydrogens is 193 g/mol. The van der Waals surface area contributed by atoms with Crippen LogP contribution >= 0.6 is 11.6 Å². The Hall–Kier alpha value is -1.29. The largest absolute Gasteiger partial charge is 0.207 e. The zero-order chi connectivity index (χ0) is 9.42. The van der Waals surface area contributed by atoms with E-state index >= 15 is 0 Å². The van der Waals surface area contributed by atoms with Gasteiger partial charge in [-0.2, -0.15) is 0 Å². The highest BCUT2D eigenvalue weighted by atomic mass is 35.5. The number of hydrogen-bond acceptors (Lipinski definition) is 3. The average Bonchev–Trinajstić information content (AvgIpc) is 2.07. The fourth-order valence-electron chi connectivity index (χ4n) is 1.13. The molecule has 0 spiro atoms. The number of halogens is 2. The van der Waals surface area contributed by atoms with Gasteiger partial charge in [0.25, 0.3) is 0 Å². The summed E-state index contributed by atoms with van der Waals surface area (Å²) in [6.07, 6.45) is 0. The topological polar surface area (TPSA) is 38.7 Å². The minimum Gasteiger partial charge on any atom is -0.207 e. The van der Waals surface area contributed by atoms with Crippen molar-refractivity contribution in [3.63, 3.8) is 0 Å². The summed E-state index contributed by atoms with van der Waals surface area (Å²) in [6, 6.07) is 2.55. The van der Waals surface area contributed by atoms with Crippen molar-refractivity contribution in [2.24, 2.45) is 0 Å². The maximum atomic E-state index is 12.9. The van der Waals surface area contributed by atoms with Gasteiger partial charge in [0.1, 0.15) is 11.3 Å². The molecule has 1 aromatic carbocycles. The van der Waals surface area contributed by atoms with Crippen LogP contribution in [0.25, 0.3) is 10.9 Å². The number of nitrogens with zero attached hydrogens (tertiary/aromatic N) is 3. The highest BCUT2D eigenvalue weighted by molar-refractivity contribution is 6.35. The molecule has 0 bridgehead atoms. The lowest BCUT2D eigenvalue weighted by Gasteiger charge is -2.00. The maximum Gasteiger partial charge on any atom is 0.125 e. The fraction of sp³-hybridized carbons (Fsp3) is 0.125. The van der Waals surface area contributed by atoms with Crippen molar-refractivity contribution in [1.82, 2.24) is 15.4 Å². The van der Waals surface area contributed by atoms with Crippen LogP contribution in [-0.4, -0.2) is 15.4 Å². The van der Waals surface area contributed by atoms with Gasteiger partial charge in [-0.1, -0.05) is 11.6 Å². The molecule has 0 fully saturated rings. The number of aryl methyl sites for hydroxylation is 1. The Morgan fingerprint density at radius 3 is 2.85 bits per heavy atom. The summed E-state index contributed by atoms with van der Waals surface area (Å²) >= 11 is 5.76. The van der Waals surface area contributed by atoms with Gasteiger partial charge in [-0.3, -0.25) is 0 Å². The number of benzene rings is 1. The van der Waals surface area contributed by atoms with Crippen molar-refractivity contribution in [3.05, 3.63) is 28.7 Å². The van der Waals surface area contributed by atoms with E-state index in [4.69, 9.17) is 11.6 Å². The molecule has 1 heterocycles. The predicted octanol–water partition coefficient (Wildman–Crippen LogP) is 2.13. The van der Waals surface area contributed by atoms with Gasteiger partial charge < -0.3 is 0 Å². The number of fused-ring (bicyclic) bond motifs is 1. The third kappa shape index (κ3) is 1.33. The van der Waals surface area contributed by atoms with E-state index in [1.54, 1.807) is 6.92 Å². The van der Waals surface area contributed by atoms with Crippen molar-refractivity contribution < 1.29 is 4.39 Å². The standard InChI is InChI=1S/C8H5ClFN3/c1-4-6-2-5(10)3-7(9)8(6)12-13-11-4/h2-3H,1H3. The Kier molecular flexibility index (Phi) is 1.84. The molecule has 13 heavy (non-hydrogen) atoms. The summed E-state index contributed by atoms with van der Waals surface area (Å²) in [5, 5.41) is 11.8. The first kappa shape index (κ1) is 8.31. The Balaban J connectivity index is 2.94. The van der Waals surface area contributed by atoms with Crippen molar-refractivity contribution in [1.29, 1.82) is 0 Å². The zero-order valence-electron chi connectivity index (χ0n) is 6.75. The molecule has 0 saturated heterocycles. The molecule has 5 heteroatoms. The van der Waals surface area contributed by atoms with Crippen LogP contribution in [0.4, 0.5) is 4.39 Å². The van der Waals surface area contributed by atoms with Crippen molar-refractivity contribution >= 4 is 22.5 Å². The molecule has 0 unspecified atom stereocenters. The van der Waals surface area contributed by atoms with E-state index < -0.39 is 5.82 Å². The van der Waals surface area contributed by atoms with E-state index in [0.29, 0.717) is 16.6 Å². The number of rotatable bonds is 0. The highest BCUT2D eigenvalue weighted by Crippen LogP contribution is 2.23. The first-order valence-electron chi connectivity index (χ1n) is 3.63. The molecule has 0 radical (unpaired) electrons. The first-order chi connectivity index (χ1) is 6.18. The Bertz CT molecular complexity index is 472. The predicted molar refractivity (Wildman–Crippen MR) is 47.0 cm³/mol. The van der Waals surface area contributed by atoms with Crippen LogP contribution in [0, 0.1) is 12.7 Å². The zero-order valence-corrected chi connectivity index (χ0v) is 7.51. The number of aromatic nitrogens is 3. The summed E-state index contributed by atoms with van der Waals surface area (Å²) < 4.78 is 12.9. The summed E-state index contributed by atoms with van der Waals surface area (Å²) in [6.45, 7) is 1.73. The quantitative estimate of drug-likeness (QED) is 0.650. The lowest BCUT2D eigenvalue weighted by molar-refractivity contribution is 0.629. The number of hydrogen-bond donors (Lipinski definition) is 0. The first-order valence-corrected chi connectivity index (χ1v) is 4.01. The van der Waals surface area contributed by atoms with Gasteiger partial charge in [-0.05, 0) is 24.3 Å². The van der Waals surface area contributed by atoms with Crippen LogP contribution in [0.5, 0.6) is 0 Å². The van der Waals surface area contributed by atoms with E-state index in [1.807, 2.05) is 0 Å². The molecule has 0 N–H and O–H groups in total. The monoisotopic (exact) mass is 197 g/mol. The SMILES string of the molecule is Cc1nnnc2c(Cl)cc(F)cc12. The minimum absolute atomic E-state index is 0.257. The summed E-state index contributed by atoms with van der Waals surface area (Å²) in [4.78, 5) is 0. The van der Waals surface area contributed by atoms with Crippen LogP contribution in [0.3, 0.4) is 0 Å². The van der Waals surface area contributed by atoms with Crippen LogP contribution in [0.2, 0.25) is 5.02 Å². The van der Waals surface area contributed by atoms with Gasteiger partial charge in [0, 0.05) is 5.39 Å². The van der Waals surface area contributed by atoms with Gasteiger partial charge in [0.15, 0.2) is 0 Å². The van der Waals surface area contributed by atoms with Crippen LogP contribution in [0.15, 0.2) is 12.1 Å². The Labute approximate surface area is 78.5 Å². The molecule has 3 nitrogen and oxygen atoms in total. The van der Waals surface area contributed by atoms with Crippen molar-refractivity contribution in [3.8, 4) is 0 Å². The van der Waals surface area contributed by atoms with Gasteiger partial charge in [-0.25, -0.2) is 4.39 Å². The van der Waals surface area contributed by atoms with Crippen LogP contribution < -0.4 is 0 Å². The van der Waals surface area contributed by atoms with Gasteiger partial charge in [0.05, 0.1) is 10.7 Å². The molecular formula is C8H5ClFN3. The van der Waals surface area contributed by atoms with Crippen LogP contribution in [-0.2, 0) is 0 Å². The molecule has 1 aromatic heterocycles. The van der Waals surface area contributed by atoms with E-state index in [9.17, 15) is 4.39 Å². The van der Waals surface area contributed by atoms with E-state index in [2.05, 4.69) is 15.4 Å². The average molecular weight is 198 g/mol. The Morgan fingerprint density at radius 2 is 2.08 bits per heavy atom. The second kappa shape index (κ2) is 2.88. The molecule has 2 rings (SSSR count). The van der Waals surface area contributed by atoms with Gasteiger partial charge in [0.2, 0.25) is 0 Å². The second-order valence-corrected chi connectivity index (χ2v) is 3.07. The summed E-state index contributed by atoms with van der Waals surface area (Å²) in [7, 11) is 0. The third-order valence-electron chi connectivity index (χ3n) is 1.76. The molecule has 0 amide bonds. The minimum atomic E-state index is -0.393. The van der Waals surface area contributed by atoms with E-state index in [1.165, 1.54) is 12.1 Å². The lowest BCUT2D eigenvalue weighted by Crippen LogP contribution is -1.94. The fourth-order valence-corrected chi connectivity index (χ4v) is 1.38. The van der Waals surface area contributed by atoms with Gasteiger partial charge in [-0.15, -0.1) is 10.2 Å². The highest BCUT2D eigenvalue weighted by Gasteiger charge is 2.06. The smallest absolute Gasteiger partial charge is 0.125 e. The molecule has 0 aliphatic heterocycles. The normalized spacial score (nSPS) is 10.7. The molecule has 0 saturated carbocycles. The molecule has 66 valence electrons.